The van der Waals surface area contributed by atoms with E-state index in [-0.39, 0.29) is 4.90 Å². The number of benzene rings is 2. The van der Waals surface area contributed by atoms with Gasteiger partial charge in [-0.1, -0.05) is 15.9 Å². The third kappa shape index (κ3) is 3.05. The lowest BCUT2D eigenvalue weighted by atomic mass is 10.2. The summed E-state index contributed by atoms with van der Waals surface area (Å²) in [6.45, 7) is 3.79. The van der Waals surface area contributed by atoms with Crippen molar-refractivity contribution in [2.75, 3.05) is 31.1 Å². The van der Waals surface area contributed by atoms with Gasteiger partial charge in [0.05, 0.1) is 16.6 Å². The van der Waals surface area contributed by atoms with Crippen LogP contribution in [0.25, 0.3) is 10.9 Å². The minimum Gasteiger partial charge on any atom is -0.369 e. The average Bonchev–Trinajstić information content (AvgIpc) is 3.07. The van der Waals surface area contributed by atoms with Crippen LogP contribution in [-0.2, 0) is 10.0 Å². The van der Waals surface area contributed by atoms with Gasteiger partial charge in [-0.3, -0.25) is 0 Å². The van der Waals surface area contributed by atoms with E-state index in [1.54, 1.807) is 30.5 Å². The molecule has 0 radical (unpaired) electrons. The van der Waals surface area contributed by atoms with E-state index in [0.29, 0.717) is 5.52 Å². The highest BCUT2D eigenvalue weighted by molar-refractivity contribution is 9.10. The van der Waals surface area contributed by atoms with E-state index in [2.05, 4.69) is 31.2 Å². The molecule has 2 heterocycles. The van der Waals surface area contributed by atoms with Crippen molar-refractivity contribution in [1.29, 1.82) is 0 Å². The second kappa shape index (κ2) is 6.44. The van der Waals surface area contributed by atoms with E-state index >= 15 is 0 Å². The molecule has 0 aliphatic carbocycles. The molecule has 1 aliphatic heterocycles. The second-order valence-corrected chi connectivity index (χ2v) is 8.61. The molecule has 1 fully saturated rings. The second-order valence-electron chi connectivity index (χ2n) is 5.93. The summed E-state index contributed by atoms with van der Waals surface area (Å²) in [4.78, 5) is 2.50. The molecule has 1 aromatic heterocycles. The Morgan fingerprint density at radius 2 is 1.76 bits per heavy atom. The molecular formula is C17H17BrN4O2S. The number of piperazine rings is 1. The number of nitrogens with one attached hydrogen (secondary N) is 1. The Balaban J connectivity index is 1.74. The Morgan fingerprint density at radius 1 is 1.04 bits per heavy atom. The maximum Gasteiger partial charge on any atom is 0.283 e. The predicted molar refractivity (Wildman–Crippen MR) is 102 cm³/mol. The predicted octanol–water partition coefficient (Wildman–Crippen LogP) is 2.45. The number of anilines is 1. The molecule has 0 atom stereocenters. The van der Waals surface area contributed by atoms with Crippen LogP contribution in [0.15, 0.2) is 58.0 Å². The van der Waals surface area contributed by atoms with Gasteiger partial charge in [0.15, 0.2) is 0 Å². The zero-order chi connectivity index (χ0) is 17.4. The zero-order valence-corrected chi connectivity index (χ0v) is 15.8. The molecule has 4 rings (SSSR count). The number of rotatable bonds is 3. The van der Waals surface area contributed by atoms with Crippen LogP contribution in [0.5, 0.6) is 0 Å². The van der Waals surface area contributed by atoms with Crippen molar-refractivity contribution in [1.82, 2.24) is 14.5 Å². The molecule has 0 unspecified atom stereocenters. The van der Waals surface area contributed by atoms with Crippen LogP contribution in [-0.4, -0.2) is 43.8 Å². The molecular weight excluding hydrogens is 404 g/mol. The Bertz CT molecular complexity index is 1010. The van der Waals surface area contributed by atoms with Crippen molar-refractivity contribution in [3.63, 3.8) is 0 Å². The van der Waals surface area contributed by atoms with Gasteiger partial charge >= 0.3 is 0 Å². The highest BCUT2D eigenvalue weighted by atomic mass is 79.9. The number of fused-ring (bicyclic) bond motifs is 1. The molecule has 0 saturated carbocycles. The number of hydrogen-bond donors (Lipinski definition) is 1. The zero-order valence-electron chi connectivity index (χ0n) is 13.4. The summed E-state index contributed by atoms with van der Waals surface area (Å²) in [6, 6.07) is 12.4. The molecule has 130 valence electrons. The molecule has 0 amide bonds. The maximum absolute atomic E-state index is 12.9. The van der Waals surface area contributed by atoms with Crippen LogP contribution < -0.4 is 10.2 Å². The minimum absolute atomic E-state index is 0.215. The quantitative estimate of drug-likeness (QED) is 0.704. The van der Waals surface area contributed by atoms with Crippen LogP contribution in [0.1, 0.15) is 0 Å². The molecule has 1 aliphatic rings. The highest BCUT2D eigenvalue weighted by Crippen LogP contribution is 2.25. The lowest BCUT2D eigenvalue weighted by Crippen LogP contribution is -2.43. The Morgan fingerprint density at radius 3 is 2.48 bits per heavy atom. The average molecular weight is 421 g/mol. The topological polar surface area (TPSA) is 67.2 Å². The van der Waals surface area contributed by atoms with E-state index < -0.39 is 10.0 Å². The van der Waals surface area contributed by atoms with Crippen molar-refractivity contribution in [3.05, 3.63) is 53.1 Å². The monoisotopic (exact) mass is 420 g/mol. The van der Waals surface area contributed by atoms with Gasteiger partial charge < -0.3 is 10.2 Å². The van der Waals surface area contributed by atoms with Gasteiger partial charge in [-0.15, -0.1) is 0 Å². The Hall–Kier alpha value is -1.90. The van der Waals surface area contributed by atoms with Gasteiger partial charge in [-0.05, 0) is 42.5 Å². The molecule has 3 aromatic rings. The third-order valence-electron chi connectivity index (χ3n) is 4.34. The summed E-state index contributed by atoms with van der Waals surface area (Å²) in [6.07, 6.45) is 1.61. The van der Waals surface area contributed by atoms with Gasteiger partial charge in [0.25, 0.3) is 10.0 Å². The van der Waals surface area contributed by atoms with Crippen LogP contribution in [0.4, 0.5) is 5.69 Å². The first kappa shape index (κ1) is 16.6. The molecule has 0 bridgehead atoms. The van der Waals surface area contributed by atoms with Gasteiger partial charge in [-0.2, -0.15) is 17.6 Å². The largest absolute Gasteiger partial charge is 0.369 e. The van der Waals surface area contributed by atoms with E-state index in [1.165, 1.54) is 0 Å². The summed E-state index contributed by atoms with van der Waals surface area (Å²) in [7, 11) is -3.72. The Labute approximate surface area is 154 Å². The summed E-state index contributed by atoms with van der Waals surface area (Å²) >= 11 is 3.32. The van der Waals surface area contributed by atoms with Crippen molar-refractivity contribution < 1.29 is 8.42 Å². The fourth-order valence-corrected chi connectivity index (χ4v) is 4.55. The summed E-state index contributed by atoms with van der Waals surface area (Å²) < 4.78 is 27.7. The van der Waals surface area contributed by atoms with Gasteiger partial charge in [0.2, 0.25) is 0 Å². The standard InChI is InChI=1S/C17H17BrN4O2S/c18-14-1-4-16(5-2-14)25(23,24)22-17-6-3-15(11-13(17)12-20-22)21-9-7-19-8-10-21/h1-6,11-12,19H,7-10H2. The third-order valence-corrected chi connectivity index (χ3v) is 6.48. The van der Waals surface area contributed by atoms with Crippen molar-refractivity contribution in [2.45, 2.75) is 4.90 Å². The molecule has 8 heteroatoms. The van der Waals surface area contributed by atoms with Gasteiger partial charge in [0.1, 0.15) is 0 Å². The highest BCUT2D eigenvalue weighted by Gasteiger charge is 2.21. The molecule has 25 heavy (non-hydrogen) atoms. The van der Waals surface area contributed by atoms with Gasteiger partial charge in [0, 0.05) is 41.7 Å². The first-order chi connectivity index (χ1) is 12.1. The van der Waals surface area contributed by atoms with E-state index in [9.17, 15) is 8.42 Å². The van der Waals surface area contributed by atoms with Crippen molar-refractivity contribution in [3.8, 4) is 0 Å². The lowest BCUT2D eigenvalue weighted by molar-refractivity contribution is 0.582. The molecule has 2 aromatic carbocycles. The number of halogens is 1. The molecule has 0 spiro atoms. The van der Waals surface area contributed by atoms with E-state index in [1.807, 2.05) is 18.2 Å². The normalized spacial score (nSPS) is 15.6. The van der Waals surface area contributed by atoms with Crippen LogP contribution in [0.2, 0.25) is 0 Å². The summed E-state index contributed by atoms with van der Waals surface area (Å²) in [5.41, 5.74) is 1.68. The van der Waals surface area contributed by atoms with Gasteiger partial charge in [-0.25, -0.2) is 0 Å². The lowest BCUT2D eigenvalue weighted by Gasteiger charge is -2.29. The molecule has 6 nitrogen and oxygen atoms in total. The number of nitrogens with zero attached hydrogens (tertiary/aromatic N) is 3. The first-order valence-corrected chi connectivity index (χ1v) is 10.2. The smallest absolute Gasteiger partial charge is 0.283 e. The van der Waals surface area contributed by atoms with E-state index in [0.717, 1.165) is 45.8 Å². The van der Waals surface area contributed by atoms with Crippen LogP contribution in [0, 0.1) is 0 Å². The molecule has 1 N–H and O–H groups in total. The SMILES string of the molecule is O=S(=O)(c1ccc(Br)cc1)n1ncc2cc(N3CCNCC3)ccc21. The van der Waals surface area contributed by atoms with Crippen LogP contribution >= 0.6 is 15.9 Å². The summed E-state index contributed by atoms with van der Waals surface area (Å²) in [5.74, 6) is 0. The van der Waals surface area contributed by atoms with Crippen LogP contribution in [0.3, 0.4) is 0 Å². The fourth-order valence-electron chi connectivity index (χ4n) is 3.01. The van der Waals surface area contributed by atoms with E-state index in [4.69, 9.17) is 0 Å². The number of hydrogen-bond acceptors (Lipinski definition) is 5. The van der Waals surface area contributed by atoms with Crippen molar-refractivity contribution in [2.24, 2.45) is 0 Å². The van der Waals surface area contributed by atoms with Crippen molar-refractivity contribution >= 4 is 42.5 Å². The minimum atomic E-state index is -3.72. The number of aromatic nitrogens is 2. The molecule has 1 saturated heterocycles. The maximum atomic E-state index is 12.9. The fraction of sp³-hybridized carbons (Fsp3) is 0.235. The summed E-state index contributed by atoms with van der Waals surface area (Å²) in [5, 5.41) is 8.28. The first-order valence-electron chi connectivity index (χ1n) is 8.00. The Kier molecular flexibility index (Phi) is 4.26.